The van der Waals surface area contributed by atoms with E-state index in [1.807, 2.05) is 59.2 Å². The van der Waals surface area contributed by atoms with Gasteiger partial charge in [0.1, 0.15) is 0 Å². The van der Waals surface area contributed by atoms with E-state index in [1.54, 1.807) is 4.42 Å². The summed E-state index contributed by atoms with van der Waals surface area (Å²) in [6, 6.07) is 26.6. The number of rotatable bonds is 5. The van der Waals surface area contributed by atoms with Crippen LogP contribution in [0.15, 0.2) is 78.9 Å². The van der Waals surface area contributed by atoms with Gasteiger partial charge in [0.15, 0.2) is 0 Å². The number of anilines is 4. The second-order valence-corrected chi connectivity index (χ2v) is 16.5. The molecule has 1 saturated heterocycles. The van der Waals surface area contributed by atoms with Crippen molar-refractivity contribution in [2.45, 2.75) is 41.5 Å². The Balaban J connectivity index is 0.000000195. The summed E-state index contributed by atoms with van der Waals surface area (Å²) in [5.74, 6) is 0. The molecule has 3 nitrogen and oxygen atoms in total. The second kappa shape index (κ2) is 14.2. The molecule has 0 unspecified atom stereocenters. The van der Waals surface area contributed by atoms with Crippen molar-refractivity contribution in [3.8, 4) is 0 Å². The molecule has 4 aromatic carbocycles. The standard InChI is InChI=1S/C21H27N2.C13H10ClN.2ClH.Ru/c1-14-9-16(3)20(17(4)10-14)22-7-8-23(13-22)21-18(5)11-15(2)12-19(21)6;1-11-7-5-6-10-13(11)15(14)12-8-3-2-4-9-12;;;/h9-13H,7-8H2,1-6H3;1-10H;2*1H;/q-1;;;;+2/p-2. The third-order valence-electron chi connectivity index (χ3n) is 7.02. The number of hydrogen-bond acceptors (Lipinski definition) is 3. The summed E-state index contributed by atoms with van der Waals surface area (Å²) in [4.78, 5) is 4.81. The topological polar surface area (TPSA) is 9.72 Å². The maximum atomic E-state index is 6.36. The number of hydrogen-bond donors (Lipinski definition) is 0. The van der Waals surface area contributed by atoms with E-state index in [4.69, 9.17) is 31.2 Å². The summed E-state index contributed by atoms with van der Waals surface area (Å²) in [5.41, 5.74) is 13.6. The van der Waals surface area contributed by atoms with Gasteiger partial charge in [0.2, 0.25) is 0 Å². The van der Waals surface area contributed by atoms with Crippen LogP contribution in [-0.4, -0.2) is 17.7 Å². The first-order chi connectivity index (χ1) is 19.5. The fourth-order valence-electron chi connectivity index (χ4n) is 5.62. The van der Waals surface area contributed by atoms with Crippen molar-refractivity contribution in [2.24, 2.45) is 0 Å². The number of benzene rings is 4. The zero-order valence-corrected chi connectivity index (χ0v) is 28.4. The SMILES string of the molecule is Cc1cc(C)c(N2[CH-]N(c3c(C)cc(C)cc3C)CC2)c(C)c1.ClN(c1ccccc1)c1ccccc1[CH]=[Ru]([Cl])[Cl]. The van der Waals surface area contributed by atoms with E-state index in [2.05, 4.69) is 82.3 Å². The molecule has 0 N–H and O–H groups in total. The zero-order chi connectivity index (χ0) is 29.7. The van der Waals surface area contributed by atoms with Gasteiger partial charge in [-0.15, -0.1) is 0 Å². The van der Waals surface area contributed by atoms with Crippen molar-refractivity contribution < 1.29 is 13.5 Å². The third-order valence-corrected chi connectivity index (χ3v) is 9.23. The van der Waals surface area contributed by atoms with Crippen molar-refractivity contribution in [2.75, 3.05) is 27.3 Å². The molecule has 41 heavy (non-hydrogen) atoms. The van der Waals surface area contributed by atoms with Gasteiger partial charge in [0.05, 0.1) is 0 Å². The fraction of sp³-hybridized carbons (Fsp3) is 0.235. The Bertz CT molecular complexity index is 1420. The van der Waals surface area contributed by atoms with Crippen molar-refractivity contribution in [3.05, 3.63) is 124 Å². The summed E-state index contributed by atoms with van der Waals surface area (Å²) in [7, 11) is 11.9. The third kappa shape index (κ3) is 7.93. The molecular weight excluding hydrogens is 658 g/mol. The first-order valence-corrected chi connectivity index (χ1v) is 19.3. The minimum absolute atomic E-state index is 0.880. The van der Waals surface area contributed by atoms with Crippen LogP contribution >= 0.6 is 31.2 Å². The molecule has 0 saturated carbocycles. The van der Waals surface area contributed by atoms with E-state index in [1.165, 1.54) is 44.8 Å². The first-order valence-electron chi connectivity index (χ1n) is 13.5. The Morgan fingerprint density at radius 3 is 1.59 bits per heavy atom. The van der Waals surface area contributed by atoms with Crippen LogP contribution in [0.4, 0.5) is 22.7 Å². The molecule has 0 radical (unpaired) electrons. The van der Waals surface area contributed by atoms with E-state index >= 15 is 0 Å². The van der Waals surface area contributed by atoms with Gasteiger partial charge in [-0.3, -0.25) is 0 Å². The molecular formula is C34H37Cl3N3Ru-. The molecule has 0 aliphatic carbocycles. The van der Waals surface area contributed by atoms with Crippen LogP contribution < -0.4 is 14.2 Å². The van der Waals surface area contributed by atoms with E-state index in [0.29, 0.717) is 0 Å². The Morgan fingerprint density at radius 2 is 1.12 bits per heavy atom. The Labute approximate surface area is 263 Å². The van der Waals surface area contributed by atoms with E-state index in [0.717, 1.165) is 30.0 Å². The summed E-state index contributed by atoms with van der Waals surface area (Å²) < 4.78 is 3.50. The molecule has 1 heterocycles. The maximum absolute atomic E-state index is 6.36. The summed E-state index contributed by atoms with van der Waals surface area (Å²) >= 11 is 4.50. The van der Waals surface area contributed by atoms with Crippen LogP contribution in [0, 0.1) is 48.2 Å². The Hall–Kier alpha value is -2.36. The normalized spacial score (nSPS) is 13.0. The average molecular weight is 695 g/mol. The zero-order valence-electron chi connectivity index (χ0n) is 24.4. The molecule has 4 aromatic rings. The van der Waals surface area contributed by atoms with E-state index in [9.17, 15) is 0 Å². The van der Waals surface area contributed by atoms with E-state index in [-0.39, 0.29) is 0 Å². The minimum atomic E-state index is -1.87. The number of para-hydroxylation sites is 2. The molecule has 1 aliphatic heterocycles. The monoisotopic (exact) mass is 694 g/mol. The van der Waals surface area contributed by atoms with Gasteiger partial charge in [0.25, 0.3) is 0 Å². The van der Waals surface area contributed by atoms with Crippen LogP contribution in [0.25, 0.3) is 0 Å². The molecule has 0 spiro atoms. The van der Waals surface area contributed by atoms with Crippen LogP contribution in [0.2, 0.25) is 0 Å². The molecule has 0 aromatic heterocycles. The van der Waals surface area contributed by atoms with Gasteiger partial charge in [-0.05, 0) is 63.8 Å². The summed E-state index contributed by atoms with van der Waals surface area (Å²) in [6.07, 6.45) is 0. The predicted molar refractivity (Wildman–Crippen MR) is 178 cm³/mol. The van der Waals surface area contributed by atoms with Gasteiger partial charge < -0.3 is 9.80 Å². The molecule has 0 atom stereocenters. The number of aryl methyl sites for hydroxylation is 6. The van der Waals surface area contributed by atoms with E-state index < -0.39 is 13.5 Å². The van der Waals surface area contributed by atoms with Crippen molar-refractivity contribution in [1.82, 2.24) is 0 Å². The van der Waals surface area contributed by atoms with Crippen LogP contribution in [0.5, 0.6) is 0 Å². The Morgan fingerprint density at radius 1 is 0.683 bits per heavy atom. The van der Waals surface area contributed by atoms with Gasteiger partial charge in [-0.25, -0.2) is 0 Å². The molecule has 7 heteroatoms. The van der Waals surface area contributed by atoms with Gasteiger partial charge in [-0.1, -0.05) is 35.4 Å². The van der Waals surface area contributed by atoms with Crippen molar-refractivity contribution >= 4 is 58.5 Å². The van der Waals surface area contributed by atoms with Crippen molar-refractivity contribution in [1.29, 1.82) is 0 Å². The van der Waals surface area contributed by atoms with Gasteiger partial charge in [0, 0.05) is 24.5 Å². The Kier molecular flexibility index (Phi) is 10.9. The van der Waals surface area contributed by atoms with Gasteiger partial charge in [-0.2, -0.15) is 6.67 Å². The average Bonchev–Trinajstić information content (AvgIpc) is 3.37. The molecule has 218 valence electrons. The molecule has 1 fully saturated rings. The second-order valence-electron chi connectivity index (χ2n) is 10.5. The molecule has 1 aliphatic rings. The number of halogens is 3. The van der Waals surface area contributed by atoms with Crippen LogP contribution in [0.1, 0.15) is 38.9 Å². The predicted octanol–water partition coefficient (Wildman–Crippen LogP) is 10.0. The van der Waals surface area contributed by atoms with Gasteiger partial charge >= 0.3 is 125 Å². The number of nitrogens with zero attached hydrogens (tertiary/aromatic N) is 3. The quantitative estimate of drug-likeness (QED) is 0.117. The van der Waals surface area contributed by atoms with Crippen LogP contribution in [-0.2, 0) is 13.5 Å². The molecule has 0 amide bonds. The molecule has 5 rings (SSSR count). The molecule has 0 bridgehead atoms. The first kappa shape index (κ1) is 31.6. The van der Waals surface area contributed by atoms with Crippen LogP contribution in [0.3, 0.4) is 0 Å². The summed E-state index contributed by atoms with van der Waals surface area (Å²) in [6.45, 7) is 17.6. The fourth-order valence-corrected chi connectivity index (χ4v) is 7.71. The van der Waals surface area contributed by atoms with Crippen molar-refractivity contribution in [3.63, 3.8) is 0 Å². The summed E-state index contributed by atoms with van der Waals surface area (Å²) in [5, 5.41) is 0.